The molecule has 24 heavy (non-hydrogen) atoms. The summed E-state index contributed by atoms with van der Waals surface area (Å²) in [6, 6.07) is 8.82. The first-order valence-corrected chi connectivity index (χ1v) is 8.40. The molecule has 3 rings (SSSR count). The fourth-order valence-corrected chi connectivity index (χ4v) is 2.80. The summed E-state index contributed by atoms with van der Waals surface area (Å²) in [5.74, 6) is 0.588. The van der Waals surface area contributed by atoms with Crippen molar-refractivity contribution < 1.29 is 13.6 Å². The van der Waals surface area contributed by atoms with Gasteiger partial charge in [0.25, 0.3) is 11.1 Å². The molecule has 1 N–H and O–H groups in total. The molecule has 6 nitrogen and oxygen atoms in total. The van der Waals surface area contributed by atoms with Crippen LogP contribution in [0, 0.1) is 6.92 Å². The second kappa shape index (κ2) is 7.11. The Hall–Kier alpha value is -2.25. The van der Waals surface area contributed by atoms with Gasteiger partial charge in [-0.05, 0) is 43.7 Å². The molecule has 124 valence electrons. The number of halogens is 1. The van der Waals surface area contributed by atoms with Crippen molar-refractivity contribution in [2.24, 2.45) is 0 Å². The normalized spacial score (nSPS) is 12.1. The van der Waals surface area contributed by atoms with E-state index in [0.717, 1.165) is 5.56 Å². The second-order valence-electron chi connectivity index (χ2n) is 5.01. The lowest BCUT2D eigenvalue weighted by Gasteiger charge is -2.12. The van der Waals surface area contributed by atoms with Crippen molar-refractivity contribution in [2.75, 3.05) is 5.32 Å². The van der Waals surface area contributed by atoms with E-state index >= 15 is 0 Å². The maximum Gasteiger partial charge on any atom is 0.284 e. The number of hydrogen-bond acceptors (Lipinski definition) is 6. The van der Waals surface area contributed by atoms with Crippen molar-refractivity contribution >= 4 is 35.0 Å². The number of anilines is 1. The Kier molecular flexibility index (Phi) is 4.92. The monoisotopic (exact) mass is 363 g/mol. The lowest BCUT2D eigenvalue weighted by molar-refractivity contribution is -0.115. The van der Waals surface area contributed by atoms with Crippen molar-refractivity contribution in [1.82, 2.24) is 10.2 Å². The molecule has 1 amide bonds. The summed E-state index contributed by atoms with van der Waals surface area (Å²) >= 11 is 7.23. The molecule has 8 heteroatoms. The highest BCUT2D eigenvalue weighted by molar-refractivity contribution is 8.00. The van der Waals surface area contributed by atoms with E-state index in [9.17, 15) is 4.79 Å². The number of amides is 1. The van der Waals surface area contributed by atoms with E-state index in [2.05, 4.69) is 15.5 Å². The van der Waals surface area contributed by atoms with Gasteiger partial charge in [-0.3, -0.25) is 4.79 Å². The quantitative estimate of drug-likeness (QED) is 0.676. The summed E-state index contributed by atoms with van der Waals surface area (Å²) in [5.41, 5.74) is 1.50. The number of benzene rings is 1. The van der Waals surface area contributed by atoms with Gasteiger partial charge in [-0.1, -0.05) is 29.4 Å². The zero-order valence-corrected chi connectivity index (χ0v) is 14.5. The Labute approximate surface area is 147 Å². The van der Waals surface area contributed by atoms with Crippen molar-refractivity contribution in [3.05, 3.63) is 47.2 Å². The minimum Gasteiger partial charge on any atom is -0.459 e. The fourth-order valence-electron chi connectivity index (χ4n) is 1.94. The smallest absolute Gasteiger partial charge is 0.284 e. The van der Waals surface area contributed by atoms with Crippen LogP contribution in [0.2, 0.25) is 5.02 Å². The molecule has 0 saturated carbocycles. The Morgan fingerprint density at radius 2 is 2.12 bits per heavy atom. The number of nitrogens with one attached hydrogen (secondary N) is 1. The predicted molar refractivity (Wildman–Crippen MR) is 92.1 cm³/mol. The van der Waals surface area contributed by atoms with Crippen LogP contribution < -0.4 is 5.32 Å². The number of carbonyl (C=O) groups is 1. The van der Waals surface area contributed by atoms with E-state index in [-0.39, 0.29) is 11.8 Å². The lowest BCUT2D eigenvalue weighted by atomic mass is 10.2. The Balaban J connectivity index is 1.65. The third-order valence-corrected chi connectivity index (χ3v) is 4.65. The summed E-state index contributed by atoms with van der Waals surface area (Å²) in [4.78, 5) is 12.3. The van der Waals surface area contributed by atoms with Gasteiger partial charge >= 0.3 is 0 Å². The van der Waals surface area contributed by atoms with Gasteiger partial charge in [0, 0.05) is 10.7 Å². The molecule has 0 saturated heterocycles. The number of aromatic nitrogens is 2. The second-order valence-corrected chi connectivity index (χ2v) is 6.71. The molecule has 0 spiro atoms. The fraction of sp³-hybridized carbons (Fsp3) is 0.188. The SMILES string of the molecule is Cc1c(Cl)cccc1NC(=O)[C@@H](C)Sc1nnc(-c2ccco2)o1. The molecule has 3 aromatic rings. The third-order valence-electron chi connectivity index (χ3n) is 3.31. The van der Waals surface area contributed by atoms with Crippen LogP contribution in [0.3, 0.4) is 0 Å². The molecule has 1 atom stereocenters. The highest BCUT2D eigenvalue weighted by Crippen LogP contribution is 2.28. The standard InChI is InChI=1S/C16H14ClN3O3S/c1-9-11(17)5-3-6-12(9)18-14(21)10(2)24-16-20-19-15(23-16)13-7-4-8-22-13/h3-8,10H,1-2H3,(H,18,21)/t10-/m1/s1. The molecule has 0 aliphatic carbocycles. The maximum atomic E-state index is 12.3. The van der Waals surface area contributed by atoms with Crippen molar-refractivity contribution in [3.63, 3.8) is 0 Å². The van der Waals surface area contributed by atoms with Crippen LogP contribution in [0.1, 0.15) is 12.5 Å². The minimum absolute atomic E-state index is 0.178. The first kappa shape index (κ1) is 16.6. The molecule has 0 fully saturated rings. The maximum absolute atomic E-state index is 12.3. The highest BCUT2D eigenvalue weighted by atomic mass is 35.5. The number of furan rings is 1. The Bertz CT molecular complexity index is 848. The summed E-state index contributed by atoms with van der Waals surface area (Å²) in [7, 11) is 0. The molecule has 0 aliphatic heterocycles. The third kappa shape index (κ3) is 3.63. The molecule has 1 aromatic carbocycles. The van der Waals surface area contributed by atoms with Crippen LogP contribution in [0.25, 0.3) is 11.7 Å². The van der Waals surface area contributed by atoms with Crippen LogP contribution in [0.5, 0.6) is 0 Å². The van der Waals surface area contributed by atoms with E-state index in [1.165, 1.54) is 18.0 Å². The molecular formula is C16H14ClN3O3S. The van der Waals surface area contributed by atoms with E-state index in [1.54, 1.807) is 37.3 Å². The van der Waals surface area contributed by atoms with E-state index in [1.807, 2.05) is 6.92 Å². The number of carbonyl (C=O) groups excluding carboxylic acids is 1. The lowest BCUT2D eigenvalue weighted by Crippen LogP contribution is -2.22. The molecule has 0 bridgehead atoms. The summed E-state index contributed by atoms with van der Waals surface area (Å²) in [5, 5.41) is 11.2. The van der Waals surface area contributed by atoms with Crippen molar-refractivity contribution in [3.8, 4) is 11.7 Å². The largest absolute Gasteiger partial charge is 0.459 e. The highest BCUT2D eigenvalue weighted by Gasteiger charge is 2.20. The minimum atomic E-state index is -0.423. The summed E-state index contributed by atoms with van der Waals surface area (Å²) < 4.78 is 10.7. The number of nitrogens with zero attached hydrogens (tertiary/aromatic N) is 2. The van der Waals surface area contributed by atoms with Gasteiger partial charge in [0.2, 0.25) is 5.91 Å². The van der Waals surface area contributed by atoms with Gasteiger partial charge in [0.05, 0.1) is 11.5 Å². The van der Waals surface area contributed by atoms with Crippen molar-refractivity contribution in [1.29, 1.82) is 0 Å². The van der Waals surface area contributed by atoms with E-state index in [0.29, 0.717) is 21.7 Å². The predicted octanol–water partition coefficient (Wildman–Crippen LogP) is 4.41. The average Bonchev–Trinajstić information content (AvgIpc) is 3.22. The molecule has 2 aromatic heterocycles. The number of hydrogen-bond donors (Lipinski definition) is 1. The van der Waals surface area contributed by atoms with Crippen LogP contribution in [0.15, 0.2) is 50.7 Å². The first-order chi connectivity index (χ1) is 11.5. The molecule has 2 heterocycles. The molecule has 0 aliphatic rings. The first-order valence-electron chi connectivity index (χ1n) is 7.14. The number of rotatable bonds is 5. The molecule has 0 unspecified atom stereocenters. The molecular weight excluding hydrogens is 350 g/mol. The van der Waals surface area contributed by atoms with Gasteiger partial charge in [-0.15, -0.1) is 10.2 Å². The average molecular weight is 364 g/mol. The van der Waals surface area contributed by atoms with Gasteiger partial charge in [-0.2, -0.15) is 0 Å². The van der Waals surface area contributed by atoms with Crippen molar-refractivity contribution in [2.45, 2.75) is 24.3 Å². The van der Waals surface area contributed by atoms with E-state index < -0.39 is 5.25 Å². The van der Waals surface area contributed by atoms with Gasteiger partial charge in [0.15, 0.2) is 5.76 Å². The van der Waals surface area contributed by atoms with E-state index in [4.69, 9.17) is 20.4 Å². The van der Waals surface area contributed by atoms with Gasteiger partial charge < -0.3 is 14.2 Å². The zero-order chi connectivity index (χ0) is 17.1. The van der Waals surface area contributed by atoms with Crippen LogP contribution in [-0.2, 0) is 4.79 Å². The van der Waals surface area contributed by atoms with Gasteiger partial charge in [-0.25, -0.2) is 0 Å². The Morgan fingerprint density at radius 3 is 2.88 bits per heavy atom. The zero-order valence-electron chi connectivity index (χ0n) is 12.9. The topological polar surface area (TPSA) is 81.2 Å². The van der Waals surface area contributed by atoms with Crippen LogP contribution in [0.4, 0.5) is 5.69 Å². The number of thioether (sulfide) groups is 1. The molecule has 0 radical (unpaired) electrons. The van der Waals surface area contributed by atoms with Gasteiger partial charge in [0.1, 0.15) is 0 Å². The summed E-state index contributed by atoms with van der Waals surface area (Å²) in [6.07, 6.45) is 1.52. The Morgan fingerprint density at radius 1 is 1.29 bits per heavy atom. The van der Waals surface area contributed by atoms with Crippen LogP contribution in [-0.4, -0.2) is 21.4 Å². The summed E-state index contributed by atoms with van der Waals surface area (Å²) in [6.45, 7) is 3.61. The van der Waals surface area contributed by atoms with Crippen LogP contribution >= 0.6 is 23.4 Å².